The van der Waals surface area contributed by atoms with Crippen molar-refractivity contribution in [2.75, 3.05) is 5.32 Å². The highest BCUT2D eigenvalue weighted by Crippen LogP contribution is 2.20. The summed E-state index contributed by atoms with van der Waals surface area (Å²) >= 11 is 0. The van der Waals surface area contributed by atoms with Gasteiger partial charge in [-0.15, -0.1) is 10.2 Å². The first-order chi connectivity index (χ1) is 11.7. The van der Waals surface area contributed by atoms with E-state index in [1.807, 2.05) is 48.9 Å². The number of rotatable bonds is 6. The molecule has 2 heterocycles. The van der Waals surface area contributed by atoms with Crippen molar-refractivity contribution in [1.82, 2.24) is 24.5 Å². The molecule has 0 aliphatic carbocycles. The predicted molar refractivity (Wildman–Crippen MR) is 91.3 cm³/mol. The molecule has 0 fully saturated rings. The van der Waals surface area contributed by atoms with E-state index in [1.165, 1.54) is 0 Å². The minimum Gasteiger partial charge on any atom is -0.326 e. The van der Waals surface area contributed by atoms with Crippen LogP contribution < -0.4 is 5.32 Å². The first-order valence-electron chi connectivity index (χ1n) is 7.93. The number of nitrogens with zero attached hydrogens (tertiary/aromatic N) is 5. The molecule has 1 aromatic carbocycles. The standard InChI is InChI=1S/C17H20N6O/c1-3-22-12-18-21-17(22)14-5-4-6-15(9-14)20-16(24)7-8-23-11-13(2)10-19-23/h4-6,9-12H,3,7-8H2,1-2H3,(H,20,24). The molecule has 0 bridgehead atoms. The van der Waals surface area contributed by atoms with Crippen LogP contribution in [0.2, 0.25) is 0 Å². The molecule has 3 rings (SSSR count). The van der Waals surface area contributed by atoms with Crippen LogP contribution in [-0.2, 0) is 17.9 Å². The van der Waals surface area contributed by atoms with E-state index in [9.17, 15) is 4.79 Å². The Morgan fingerprint density at radius 1 is 1.33 bits per heavy atom. The van der Waals surface area contributed by atoms with Gasteiger partial charge in [-0.1, -0.05) is 12.1 Å². The van der Waals surface area contributed by atoms with Crippen molar-refractivity contribution in [3.63, 3.8) is 0 Å². The van der Waals surface area contributed by atoms with E-state index in [2.05, 4.69) is 20.6 Å². The van der Waals surface area contributed by atoms with E-state index in [0.29, 0.717) is 13.0 Å². The first kappa shape index (κ1) is 15.9. The SMILES string of the molecule is CCn1cnnc1-c1cccc(NC(=O)CCn2cc(C)cn2)c1. The Balaban J connectivity index is 1.65. The Kier molecular flexibility index (Phi) is 4.69. The van der Waals surface area contributed by atoms with Gasteiger partial charge in [0.1, 0.15) is 6.33 Å². The molecule has 0 aliphatic heterocycles. The van der Waals surface area contributed by atoms with E-state index < -0.39 is 0 Å². The van der Waals surface area contributed by atoms with Gasteiger partial charge in [-0.3, -0.25) is 9.48 Å². The van der Waals surface area contributed by atoms with Crippen LogP contribution in [0.4, 0.5) is 5.69 Å². The second-order valence-electron chi connectivity index (χ2n) is 5.60. The molecule has 1 amide bonds. The van der Waals surface area contributed by atoms with Gasteiger partial charge < -0.3 is 9.88 Å². The zero-order valence-electron chi connectivity index (χ0n) is 13.8. The third-order valence-electron chi connectivity index (χ3n) is 3.69. The maximum Gasteiger partial charge on any atom is 0.226 e. The fraction of sp³-hybridized carbons (Fsp3) is 0.294. The number of carbonyl (C=O) groups excluding carboxylic acids is 1. The average Bonchev–Trinajstić information content (AvgIpc) is 3.21. The minimum atomic E-state index is -0.0442. The predicted octanol–water partition coefficient (Wildman–Crippen LogP) is 2.50. The van der Waals surface area contributed by atoms with Gasteiger partial charge in [0.25, 0.3) is 0 Å². The molecule has 0 saturated carbocycles. The lowest BCUT2D eigenvalue weighted by atomic mass is 10.2. The largest absolute Gasteiger partial charge is 0.326 e. The molecule has 24 heavy (non-hydrogen) atoms. The lowest BCUT2D eigenvalue weighted by molar-refractivity contribution is -0.116. The number of hydrogen-bond donors (Lipinski definition) is 1. The highest BCUT2D eigenvalue weighted by atomic mass is 16.1. The number of amides is 1. The summed E-state index contributed by atoms with van der Waals surface area (Å²) in [5.74, 6) is 0.748. The lowest BCUT2D eigenvalue weighted by Crippen LogP contribution is -2.14. The summed E-state index contributed by atoms with van der Waals surface area (Å²) < 4.78 is 3.73. The van der Waals surface area contributed by atoms with Crippen molar-refractivity contribution < 1.29 is 4.79 Å². The molecule has 0 spiro atoms. The zero-order chi connectivity index (χ0) is 16.9. The second-order valence-corrected chi connectivity index (χ2v) is 5.60. The van der Waals surface area contributed by atoms with Crippen LogP contribution in [0.25, 0.3) is 11.4 Å². The van der Waals surface area contributed by atoms with Crippen molar-refractivity contribution in [3.8, 4) is 11.4 Å². The fourth-order valence-corrected chi connectivity index (χ4v) is 2.47. The van der Waals surface area contributed by atoms with E-state index >= 15 is 0 Å². The Hall–Kier alpha value is -2.96. The molecular formula is C17H20N6O. The molecule has 0 unspecified atom stereocenters. The van der Waals surface area contributed by atoms with Crippen molar-refractivity contribution in [3.05, 3.63) is 48.5 Å². The van der Waals surface area contributed by atoms with Gasteiger partial charge in [0.05, 0.1) is 6.20 Å². The molecule has 0 saturated heterocycles. The Morgan fingerprint density at radius 3 is 2.96 bits per heavy atom. The van der Waals surface area contributed by atoms with Gasteiger partial charge >= 0.3 is 0 Å². The van der Waals surface area contributed by atoms with Crippen LogP contribution in [0.15, 0.2) is 43.0 Å². The summed E-state index contributed by atoms with van der Waals surface area (Å²) in [5, 5.41) is 15.2. The van der Waals surface area contributed by atoms with Gasteiger partial charge in [-0.25, -0.2) is 0 Å². The molecule has 0 radical (unpaired) electrons. The number of nitrogens with one attached hydrogen (secondary N) is 1. The smallest absolute Gasteiger partial charge is 0.226 e. The summed E-state index contributed by atoms with van der Waals surface area (Å²) in [5.41, 5.74) is 2.76. The molecule has 7 heteroatoms. The summed E-state index contributed by atoms with van der Waals surface area (Å²) in [6.07, 6.45) is 5.78. The number of aryl methyl sites for hydroxylation is 3. The Labute approximate surface area is 140 Å². The van der Waals surface area contributed by atoms with Crippen molar-refractivity contribution in [1.29, 1.82) is 0 Å². The number of benzene rings is 1. The number of anilines is 1. The minimum absolute atomic E-state index is 0.0442. The zero-order valence-corrected chi connectivity index (χ0v) is 13.8. The Bertz CT molecular complexity index is 835. The van der Waals surface area contributed by atoms with Crippen molar-refractivity contribution in [2.24, 2.45) is 0 Å². The van der Waals surface area contributed by atoms with Crippen LogP contribution in [-0.4, -0.2) is 30.5 Å². The summed E-state index contributed by atoms with van der Waals surface area (Å²) in [4.78, 5) is 12.1. The Morgan fingerprint density at radius 2 is 2.21 bits per heavy atom. The molecule has 7 nitrogen and oxygen atoms in total. The molecule has 124 valence electrons. The highest BCUT2D eigenvalue weighted by molar-refractivity contribution is 5.91. The van der Waals surface area contributed by atoms with Gasteiger partial charge in [0.2, 0.25) is 5.91 Å². The van der Waals surface area contributed by atoms with Crippen LogP contribution in [0, 0.1) is 6.92 Å². The molecule has 0 atom stereocenters. The lowest BCUT2D eigenvalue weighted by Gasteiger charge is -2.08. The van der Waals surface area contributed by atoms with Crippen LogP contribution in [0.5, 0.6) is 0 Å². The first-order valence-corrected chi connectivity index (χ1v) is 7.93. The average molecular weight is 324 g/mol. The monoisotopic (exact) mass is 324 g/mol. The summed E-state index contributed by atoms with van der Waals surface area (Å²) in [7, 11) is 0. The van der Waals surface area contributed by atoms with Crippen LogP contribution in [0.1, 0.15) is 18.9 Å². The number of carbonyl (C=O) groups is 1. The van der Waals surface area contributed by atoms with Gasteiger partial charge in [-0.05, 0) is 31.5 Å². The summed E-state index contributed by atoms with van der Waals surface area (Å²) in [6, 6.07) is 7.63. The van der Waals surface area contributed by atoms with Crippen LogP contribution in [0.3, 0.4) is 0 Å². The van der Waals surface area contributed by atoms with Crippen LogP contribution >= 0.6 is 0 Å². The molecule has 0 aliphatic rings. The quantitative estimate of drug-likeness (QED) is 0.756. The third-order valence-corrected chi connectivity index (χ3v) is 3.69. The second kappa shape index (κ2) is 7.08. The topological polar surface area (TPSA) is 77.6 Å². The van der Waals surface area contributed by atoms with Gasteiger partial charge in [0, 0.05) is 37.0 Å². The molecular weight excluding hydrogens is 304 g/mol. The third kappa shape index (κ3) is 3.68. The summed E-state index contributed by atoms with van der Waals surface area (Å²) in [6.45, 7) is 5.37. The van der Waals surface area contributed by atoms with Crippen molar-refractivity contribution in [2.45, 2.75) is 33.4 Å². The van der Waals surface area contributed by atoms with E-state index in [4.69, 9.17) is 0 Å². The maximum absolute atomic E-state index is 12.1. The van der Waals surface area contributed by atoms with Gasteiger partial charge in [-0.2, -0.15) is 5.10 Å². The number of hydrogen-bond acceptors (Lipinski definition) is 4. The number of aromatic nitrogens is 5. The molecule has 2 aromatic heterocycles. The fourth-order valence-electron chi connectivity index (χ4n) is 2.47. The van der Waals surface area contributed by atoms with Gasteiger partial charge in [0.15, 0.2) is 5.82 Å². The van der Waals surface area contributed by atoms with E-state index in [-0.39, 0.29) is 5.91 Å². The van der Waals surface area contributed by atoms with Crippen molar-refractivity contribution >= 4 is 11.6 Å². The maximum atomic E-state index is 12.1. The van der Waals surface area contributed by atoms with E-state index in [0.717, 1.165) is 29.2 Å². The molecule has 3 aromatic rings. The van der Waals surface area contributed by atoms with E-state index in [1.54, 1.807) is 17.2 Å². The molecule has 1 N–H and O–H groups in total. The highest BCUT2D eigenvalue weighted by Gasteiger charge is 2.08. The normalized spacial score (nSPS) is 10.8.